The smallest absolute Gasteiger partial charge is 0.227 e. The highest BCUT2D eigenvalue weighted by atomic mass is 35.5. The molecule has 6 nitrogen and oxygen atoms in total. The number of hydrogen-bond donors (Lipinski definition) is 3. The lowest BCUT2D eigenvalue weighted by Gasteiger charge is -2.20. The number of nitrogens with zero attached hydrogens (tertiary/aromatic N) is 2. The zero-order valence-corrected chi connectivity index (χ0v) is 18.9. The molecule has 1 aromatic carbocycles. The zero-order valence-electron chi connectivity index (χ0n) is 18.2. The first kappa shape index (κ1) is 23.1. The van der Waals surface area contributed by atoms with E-state index in [2.05, 4.69) is 25.9 Å². The zero-order chi connectivity index (χ0) is 21.9. The fourth-order valence-corrected chi connectivity index (χ4v) is 3.86. The molecule has 1 heterocycles. The highest BCUT2D eigenvalue weighted by Crippen LogP contribution is 2.25. The molecule has 1 fully saturated rings. The molecule has 3 N–H and O–H groups in total. The van der Waals surface area contributed by atoms with Gasteiger partial charge in [0, 0.05) is 30.9 Å². The maximum absolute atomic E-state index is 12.5. The average molecular weight is 442 g/mol. The Morgan fingerprint density at radius 3 is 2.71 bits per heavy atom. The van der Waals surface area contributed by atoms with Crippen molar-refractivity contribution in [3.05, 3.63) is 58.9 Å². The number of benzene rings is 1. The van der Waals surface area contributed by atoms with Crippen LogP contribution in [0.5, 0.6) is 0 Å². The second-order valence-corrected chi connectivity index (χ2v) is 8.27. The van der Waals surface area contributed by atoms with Crippen molar-refractivity contribution in [3.63, 3.8) is 0 Å². The minimum Gasteiger partial charge on any atom is -0.357 e. The number of amides is 1. The Morgan fingerprint density at radius 1 is 1.13 bits per heavy atom. The van der Waals surface area contributed by atoms with Crippen molar-refractivity contribution in [1.82, 2.24) is 15.6 Å². The molecule has 2 aromatic rings. The number of carbonyl (C=O) groups excluding carboxylic acids is 1. The van der Waals surface area contributed by atoms with Crippen molar-refractivity contribution in [2.45, 2.75) is 52.0 Å². The Morgan fingerprint density at radius 2 is 1.97 bits per heavy atom. The molecular formula is C24H32ClN5O. The third-order valence-corrected chi connectivity index (χ3v) is 5.65. The van der Waals surface area contributed by atoms with E-state index in [0.29, 0.717) is 11.7 Å². The first-order valence-corrected chi connectivity index (χ1v) is 11.5. The van der Waals surface area contributed by atoms with E-state index in [4.69, 9.17) is 11.6 Å². The van der Waals surface area contributed by atoms with Crippen LogP contribution in [0.15, 0.2) is 47.6 Å². The molecule has 0 aliphatic heterocycles. The molecule has 0 atom stereocenters. The topological polar surface area (TPSA) is 78.4 Å². The van der Waals surface area contributed by atoms with Crippen LogP contribution >= 0.6 is 11.6 Å². The van der Waals surface area contributed by atoms with Gasteiger partial charge in [-0.3, -0.25) is 4.79 Å². The van der Waals surface area contributed by atoms with E-state index in [1.165, 1.54) is 6.42 Å². The molecule has 31 heavy (non-hydrogen) atoms. The number of hydrogen-bond acceptors (Lipinski definition) is 3. The van der Waals surface area contributed by atoms with Gasteiger partial charge in [-0.1, -0.05) is 49.1 Å². The molecule has 1 aliphatic rings. The highest BCUT2D eigenvalue weighted by molar-refractivity contribution is 6.29. The lowest BCUT2D eigenvalue weighted by atomic mass is 9.88. The van der Waals surface area contributed by atoms with Gasteiger partial charge in [-0.25, -0.2) is 9.98 Å². The number of aliphatic imine (C=N–C) groups is 1. The summed E-state index contributed by atoms with van der Waals surface area (Å²) in [6.07, 6.45) is 8.18. The number of guanidine groups is 1. The molecule has 0 spiro atoms. The molecule has 0 bridgehead atoms. The van der Waals surface area contributed by atoms with Crippen LogP contribution in [0.4, 0.5) is 5.69 Å². The molecule has 0 radical (unpaired) electrons. The van der Waals surface area contributed by atoms with Crippen molar-refractivity contribution in [2.24, 2.45) is 10.9 Å². The SMILES string of the molecule is CCNC(=NCc1cccc(NC(=O)C2CCCCC2)c1)NCCc1ccc(Cl)nc1. The molecule has 1 aliphatic carbocycles. The maximum atomic E-state index is 12.5. The molecule has 0 unspecified atom stereocenters. The van der Waals surface area contributed by atoms with E-state index in [0.717, 1.165) is 68.0 Å². The van der Waals surface area contributed by atoms with Gasteiger partial charge in [-0.15, -0.1) is 0 Å². The predicted octanol–water partition coefficient (Wildman–Crippen LogP) is 4.55. The van der Waals surface area contributed by atoms with E-state index < -0.39 is 0 Å². The van der Waals surface area contributed by atoms with Crippen molar-refractivity contribution in [2.75, 3.05) is 18.4 Å². The maximum Gasteiger partial charge on any atom is 0.227 e. The molecule has 7 heteroatoms. The molecule has 3 rings (SSSR count). The minimum absolute atomic E-state index is 0.145. The van der Waals surface area contributed by atoms with Gasteiger partial charge >= 0.3 is 0 Å². The van der Waals surface area contributed by atoms with Crippen molar-refractivity contribution < 1.29 is 4.79 Å². The molecule has 1 saturated carbocycles. The summed E-state index contributed by atoms with van der Waals surface area (Å²) in [5.41, 5.74) is 3.02. The molecule has 166 valence electrons. The third kappa shape index (κ3) is 7.87. The van der Waals surface area contributed by atoms with Crippen LogP contribution in [0.25, 0.3) is 0 Å². The Bertz CT molecular complexity index is 863. The molecule has 1 amide bonds. The highest BCUT2D eigenvalue weighted by Gasteiger charge is 2.20. The van der Waals surface area contributed by atoms with Crippen molar-refractivity contribution in [3.8, 4) is 0 Å². The molecule has 0 saturated heterocycles. The quantitative estimate of drug-likeness (QED) is 0.319. The summed E-state index contributed by atoms with van der Waals surface area (Å²) in [4.78, 5) is 21.3. The van der Waals surface area contributed by atoms with Gasteiger partial charge in [0.2, 0.25) is 5.91 Å². The first-order chi connectivity index (χ1) is 15.1. The number of aromatic nitrogens is 1. The fraction of sp³-hybridized carbons (Fsp3) is 0.458. The number of anilines is 1. The van der Waals surface area contributed by atoms with E-state index in [-0.39, 0.29) is 11.8 Å². The standard InChI is InChI=1S/C24H32ClN5O/c1-2-26-24(27-14-13-18-11-12-22(25)28-16-18)29-17-19-7-6-10-21(15-19)30-23(31)20-8-4-3-5-9-20/h6-7,10-12,15-16,20H,2-5,8-9,13-14,17H2,1H3,(H,30,31)(H2,26,27,29). The summed E-state index contributed by atoms with van der Waals surface area (Å²) in [6, 6.07) is 11.7. The lowest BCUT2D eigenvalue weighted by molar-refractivity contribution is -0.120. The van der Waals surface area contributed by atoms with Gasteiger partial charge in [0.1, 0.15) is 5.15 Å². The monoisotopic (exact) mass is 441 g/mol. The van der Waals surface area contributed by atoms with E-state index in [9.17, 15) is 4.79 Å². The fourth-order valence-electron chi connectivity index (χ4n) is 3.75. The Labute approximate surface area is 189 Å². The van der Waals surface area contributed by atoms with Crippen LogP contribution in [0.3, 0.4) is 0 Å². The summed E-state index contributed by atoms with van der Waals surface area (Å²) < 4.78 is 0. The summed E-state index contributed by atoms with van der Waals surface area (Å²) >= 11 is 5.84. The van der Waals surface area contributed by atoms with Gasteiger partial charge in [0.25, 0.3) is 0 Å². The summed E-state index contributed by atoms with van der Waals surface area (Å²) in [5, 5.41) is 10.2. The second-order valence-electron chi connectivity index (χ2n) is 7.89. The lowest BCUT2D eigenvalue weighted by Crippen LogP contribution is -2.38. The number of nitrogens with one attached hydrogen (secondary N) is 3. The Hall–Kier alpha value is -2.60. The second kappa shape index (κ2) is 12.3. The van der Waals surface area contributed by atoms with Crippen LogP contribution < -0.4 is 16.0 Å². The predicted molar refractivity (Wildman–Crippen MR) is 127 cm³/mol. The third-order valence-electron chi connectivity index (χ3n) is 5.43. The first-order valence-electron chi connectivity index (χ1n) is 11.2. The van der Waals surface area contributed by atoms with Crippen molar-refractivity contribution in [1.29, 1.82) is 0 Å². The summed E-state index contributed by atoms with van der Waals surface area (Å²) in [7, 11) is 0. The van der Waals surface area contributed by atoms with E-state index >= 15 is 0 Å². The van der Waals surface area contributed by atoms with Crippen LogP contribution in [-0.4, -0.2) is 29.9 Å². The van der Waals surface area contributed by atoms with E-state index in [1.807, 2.05) is 37.3 Å². The van der Waals surface area contributed by atoms with Crippen LogP contribution in [0.1, 0.15) is 50.2 Å². The van der Waals surface area contributed by atoms with Gasteiger partial charge < -0.3 is 16.0 Å². The Kier molecular flexibility index (Phi) is 9.16. The van der Waals surface area contributed by atoms with Gasteiger partial charge in [-0.2, -0.15) is 0 Å². The van der Waals surface area contributed by atoms with Crippen molar-refractivity contribution >= 4 is 29.2 Å². The van der Waals surface area contributed by atoms with Gasteiger partial charge in [0.15, 0.2) is 5.96 Å². The van der Waals surface area contributed by atoms with Gasteiger partial charge in [0.05, 0.1) is 6.54 Å². The number of halogens is 1. The number of pyridine rings is 1. The summed E-state index contributed by atoms with van der Waals surface area (Å²) in [5.74, 6) is 1.06. The van der Waals surface area contributed by atoms with Gasteiger partial charge in [-0.05, 0) is 55.5 Å². The largest absolute Gasteiger partial charge is 0.357 e. The normalized spacial score (nSPS) is 14.8. The number of carbonyl (C=O) groups is 1. The Balaban J connectivity index is 1.52. The average Bonchev–Trinajstić information content (AvgIpc) is 2.79. The minimum atomic E-state index is 0.145. The number of rotatable bonds is 8. The van der Waals surface area contributed by atoms with Crippen LogP contribution in [0, 0.1) is 5.92 Å². The molecule has 1 aromatic heterocycles. The van der Waals surface area contributed by atoms with E-state index in [1.54, 1.807) is 12.3 Å². The molecular weight excluding hydrogens is 410 g/mol. The van der Waals surface area contributed by atoms with Crippen LogP contribution in [0.2, 0.25) is 5.15 Å². The van der Waals surface area contributed by atoms with Crippen LogP contribution in [-0.2, 0) is 17.8 Å². The summed E-state index contributed by atoms with van der Waals surface area (Å²) in [6.45, 7) is 4.10.